The van der Waals surface area contributed by atoms with E-state index < -0.39 is 10.8 Å². The number of hydrogen-bond donors (Lipinski definition) is 0. The number of fused-ring (bicyclic) bond motifs is 32. The van der Waals surface area contributed by atoms with Gasteiger partial charge in [0, 0.05) is 85.5 Å². The maximum Gasteiger partial charge on any atom is 0.135 e. The molecule has 0 saturated heterocycles. The first-order chi connectivity index (χ1) is 55.5. The van der Waals surface area contributed by atoms with Crippen molar-refractivity contribution in [2.75, 3.05) is 0 Å². The zero-order valence-electron chi connectivity index (χ0n) is 60.3. The molecule has 520 valence electrons. The van der Waals surface area contributed by atoms with Gasteiger partial charge in [0.15, 0.2) is 0 Å². The topological polar surface area (TPSA) is 41.5 Å². The van der Waals surface area contributed by atoms with E-state index in [1.54, 1.807) is 0 Å². The molecule has 2 spiro atoms. The SMILES string of the molecule is c1ccc2c(c1)Oc1ccccc1C21c2ccccc2-c2cc3c4ccccc4n(-c4cccc5c(-c6ccc7oc8ccccc8c7c6)cccc45)c3cc21.c1ccc2c(c1)Oc1ccccc1C21c2ccccc2-c2cc3c4ccccc4n(-c4cccc5c(-c6ccc7sc8ccccc8c7c6)cccc45)c3cc21. The van der Waals surface area contributed by atoms with Crippen molar-refractivity contribution in [3.8, 4) is 78.9 Å². The number of hydrogen-bond acceptors (Lipinski definition) is 4. The van der Waals surface area contributed by atoms with Gasteiger partial charge in [-0.25, -0.2) is 0 Å². The second-order valence-corrected chi connectivity index (χ2v) is 31.4. The summed E-state index contributed by atoms with van der Waals surface area (Å²) in [6, 6.07) is 138. The predicted octanol–water partition coefficient (Wildman–Crippen LogP) is 28.4. The molecule has 0 fully saturated rings. The molecule has 18 aromatic carbocycles. The Morgan fingerprint density at radius 3 is 1.11 bits per heavy atom. The lowest BCUT2D eigenvalue weighted by atomic mass is 9.66. The number of ether oxygens (including phenoxy) is 2. The Kier molecular flexibility index (Phi) is 12.7. The van der Waals surface area contributed by atoms with Crippen LogP contribution in [0.2, 0.25) is 0 Å². The van der Waals surface area contributed by atoms with E-state index in [9.17, 15) is 0 Å². The lowest BCUT2D eigenvalue weighted by molar-refractivity contribution is 0.436. The van der Waals surface area contributed by atoms with Crippen molar-refractivity contribution in [2.45, 2.75) is 10.8 Å². The number of thiophene rings is 1. The minimum absolute atomic E-state index is 0.538. The number of para-hydroxylation sites is 7. The van der Waals surface area contributed by atoms with Gasteiger partial charge in [0.2, 0.25) is 0 Å². The van der Waals surface area contributed by atoms with E-state index in [0.29, 0.717) is 0 Å². The third-order valence-electron chi connectivity index (χ3n) is 24.9. The summed E-state index contributed by atoms with van der Waals surface area (Å²) in [6.07, 6.45) is 0. The molecule has 26 rings (SSSR count). The largest absolute Gasteiger partial charge is 0.457 e. The van der Waals surface area contributed by atoms with E-state index in [4.69, 9.17) is 13.9 Å². The predicted molar refractivity (Wildman–Crippen MR) is 462 cm³/mol. The lowest BCUT2D eigenvalue weighted by Gasteiger charge is -2.39. The lowest BCUT2D eigenvalue weighted by Crippen LogP contribution is -2.32. The highest BCUT2D eigenvalue weighted by Crippen LogP contribution is 2.65. The molecule has 22 aromatic rings. The highest BCUT2D eigenvalue weighted by molar-refractivity contribution is 7.25. The van der Waals surface area contributed by atoms with Crippen LogP contribution >= 0.6 is 11.3 Å². The van der Waals surface area contributed by atoms with Crippen LogP contribution in [0.5, 0.6) is 23.0 Å². The molecule has 6 heteroatoms. The Morgan fingerprint density at radius 2 is 0.580 bits per heavy atom. The van der Waals surface area contributed by atoms with Gasteiger partial charge >= 0.3 is 0 Å². The monoisotopic (exact) mass is 1440 g/mol. The fourth-order valence-corrected chi connectivity index (χ4v) is 21.5. The highest BCUT2D eigenvalue weighted by Gasteiger charge is 2.53. The van der Waals surface area contributed by atoms with Crippen LogP contribution in [0.1, 0.15) is 44.5 Å². The second-order valence-electron chi connectivity index (χ2n) is 30.3. The van der Waals surface area contributed by atoms with Crippen molar-refractivity contribution in [1.82, 2.24) is 9.13 Å². The van der Waals surface area contributed by atoms with E-state index in [1.165, 1.54) is 180 Å². The maximum absolute atomic E-state index is 6.65. The Morgan fingerprint density at radius 1 is 0.205 bits per heavy atom. The molecule has 0 N–H and O–H groups in total. The molecule has 0 saturated carbocycles. The van der Waals surface area contributed by atoms with Crippen LogP contribution in [-0.4, -0.2) is 9.13 Å². The van der Waals surface area contributed by atoms with Crippen LogP contribution in [0.25, 0.3) is 163 Å². The number of benzene rings is 18. The van der Waals surface area contributed by atoms with Crippen molar-refractivity contribution >= 4 is 119 Å². The van der Waals surface area contributed by atoms with Crippen molar-refractivity contribution in [2.24, 2.45) is 0 Å². The van der Waals surface area contributed by atoms with E-state index in [1.807, 2.05) is 23.5 Å². The van der Waals surface area contributed by atoms with Crippen molar-refractivity contribution in [3.63, 3.8) is 0 Å². The normalized spacial score (nSPS) is 13.6. The van der Waals surface area contributed by atoms with E-state index in [2.05, 4.69) is 373 Å². The summed E-state index contributed by atoms with van der Waals surface area (Å²) in [5, 5.41) is 14.8. The van der Waals surface area contributed by atoms with Crippen LogP contribution in [0.15, 0.2) is 381 Å². The maximum atomic E-state index is 6.65. The molecular formula is C106H62N2O3S. The van der Waals surface area contributed by atoms with E-state index >= 15 is 0 Å². The third-order valence-corrected chi connectivity index (χ3v) is 26.1. The first-order valence-corrected chi connectivity index (χ1v) is 39.3. The van der Waals surface area contributed by atoms with Gasteiger partial charge < -0.3 is 23.0 Å². The van der Waals surface area contributed by atoms with Gasteiger partial charge in [-0.3, -0.25) is 0 Å². The van der Waals surface area contributed by atoms with Crippen LogP contribution < -0.4 is 9.47 Å². The van der Waals surface area contributed by atoms with Crippen LogP contribution in [0.4, 0.5) is 0 Å². The minimum Gasteiger partial charge on any atom is -0.457 e. The molecule has 0 amide bonds. The average Bonchev–Trinajstić information content (AvgIpc) is 1.59. The molecule has 4 aliphatic rings. The zero-order valence-corrected chi connectivity index (χ0v) is 61.1. The summed E-state index contributed by atoms with van der Waals surface area (Å²) in [4.78, 5) is 0. The molecule has 0 atom stereocenters. The summed E-state index contributed by atoms with van der Waals surface area (Å²) in [7, 11) is 0. The molecule has 2 aliphatic carbocycles. The van der Waals surface area contributed by atoms with Gasteiger partial charge in [-0.15, -0.1) is 11.3 Å². The molecule has 4 aromatic heterocycles. The molecule has 0 radical (unpaired) electrons. The first-order valence-electron chi connectivity index (χ1n) is 38.5. The number of nitrogens with zero attached hydrogens (tertiary/aromatic N) is 2. The first kappa shape index (κ1) is 61.7. The van der Waals surface area contributed by atoms with Crippen molar-refractivity contribution in [3.05, 3.63) is 421 Å². The van der Waals surface area contributed by atoms with Gasteiger partial charge in [-0.05, 0) is 187 Å². The average molecular weight is 1440 g/mol. The quantitative estimate of drug-likeness (QED) is 0.176. The summed E-state index contributed by atoms with van der Waals surface area (Å²) < 4.78 is 27.2. The van der Waals surface area contributed by atoms with Gasteiger partial charge in [0.25, 0.3) is 0 Å². The summed E-state index contributed by atoms with van der Waals surface area (Å²) in [6.45, 7) is 0. The van der Waals surface area contributed by atoms with Crippen molar-refractivity contribution < 1.29 is 13.9 Å². The Balaban J connectivity index is 0.000000127. The van der Waals surface area contributed by atoms with Gasteiger partial charge in [-0.1, -0.05) is 267 Å². The fourth-order valence-electron chi connectivity index (χ4n) is 20.4. The van der Waals surface area contributed by atoms with Gasteiger partial charge in [0.05, 0.1) is 44.3 Å². The van der Waals surface area contributed by atoms with Crippen LogP contribution in [0, 0.1) is 0 Å². The zero-order chi connectivity index (χ0) is 73.1. The van der Waals surface area contributed by atoms with Gasteiger partial charge in [-0.2, -0.15) is 0 Å². The molecule has 6 heterocycles. The van der Waals surface area contributed by atoms with Crippen LogP contribution in [-0.2, 0) is 10.8 Å². The standard InChI is InChI=1S/C53H31NO2.C53H31NOS/c1-4-19-42-35(13-1)39-30-40-37-14-2-7-22-46(37)54(48(40)31-45(39)53(42)43-20-5-9-25-51(43)56-52-26-10-6-21-44(52)53)47-23-12-17-34-33(16-11-18-36(34)47)32-27-28-50-41(29-32)38-15-3-8-24-49(38)55-50;1-4-19-42-35(13-1)39-30-40-37-14-2-7-22-46(37)54(48(40)31-45(39)53(42)43-20-5-8-24-49(43)55-50-25-9-6-21-44(50)53)47-23-12-17-34-33(16-11-18-36(34)47)32-27-28-52-41(29-32)38-15-3-10-26-51(38)56-52/h2*1-31H. The minimum atomic E-state index is -0.547. The summed E-state index contributed by atoms with van der Waals surface area (Å²) in [5.74, 6) is 3.62. The summed E-state index contributed by atoms with van der Waals surface area (Å²) in [5.41, 5.74) is 27.6. The van der Waals surface area contributed by atoms with E-state index in [-0.39, 0.29) is 0 Å². The number of aromatic nitrogens is 2. The molecule has 0 unspecified atom stereocenters. The van der Waals surface area contributed by atoms with E-state index in [0.717, 1.165) is 50.6 Å². The van der Waals surface area contributed by atoms with Crippen molar-refractivity contribution in [1.29, 1.82) is 0 Å². The molecular weight excluding hydrogens is 1380 g/mol. The molecule has 0 bridgehead atoms. The third kappa shape index (κ3) is 8.29. The number of rotatable bonds is 4. The Labute approximate surface area is 647 Å². The smallest absolute Gasteiger partial charge is 0.135 e. The summed E-state index contributed by atoms with van der Waals surface area (Å²) >= 11 is 1.87. The molecule has 5 nitrogen and oxygen atoms in total. The fraction of sp³-hybridized carbons (Fsp3) is 0.0189. The second kappa shape index (κ2) is 23.1. The molecule has 112 heavy (non-hydrogen) atoms. The van der Waals surface area contributed by atoms with Gasteiger partial charge in [0.1, 0.15) is 34.2 Å². The molecule has 2 aliphatic heterocycles. The highest BCUT2D eigenvalue weighted by atomic mass is 32.1. The Hall–Kier alpha value is -14.3. The Bertz CT molecular complexity index is 7320. The number of furan rings is 1. The van der Waals surface area contributed by atoms with Crippen LogP contribution in [0.3, 0.4) is 0 Å².